The minimum absolute atomic E-state index is 0.0137. The molecule has 0 amide bonds. The summed E-state index contributed by atoms with van der Waals surface area (Å²) in [4.78, 5) is 19.5. The monoisotopic (exact) mass is 307 g/mol. The van der Waals surface area contributed by atoms with Crippen LogP contribution in [0.2, 0.25) is 0 Å². The summed E-state index contributed by atoms with van der Waals surface area (Å²) in [6.07, 6.45) is 0. The first kappa shape index (κ1) is 16.0. The van der Waals surface area contributed by atoms with Crippen LogP contribution in [0, 0.1) is 0 Å². The van der Waals surface area contributed by atoms with Gasteiger partial charge in [0.05, 0.1) is 16.3 Å². The average molecular weight is 308 g/mol. The van der Waals surface area contributed by atoms with Crippen molar-refractivity contribution < 1.29 is 0 Å². The van der Waals surface area contributed by atoms with Crippen molar-refractivity contribution in [3.05, 3.63) is 40.4 Å². The van der Waals surface area contributed by atoms with Crippen molar-refractivity contribution in [1.29, 1.82) is 0 Å². The molecular formula is C16H22ClN3O. The van der Waals surface area contributed by atoms with E-state index in [-0.39, 0.29) is 10.9 Å². The van der Waals surface area contributed by atoms with E-state index in [1.807, 2.05) is 38.2 Å². The fraction of sp³-hybridized carbons (Fsp3) is 0.500. The summed E-state index contributed by atoms with van der Waals surface area (Å²) in [5.41, 5.74) is 0.693. The zero-order valence-corrected chi connectivity index (χ0v) is 13.8. The number of fused-ring (bicyclic) bond motifs is 1. The van der Waals surface area contributed by atoms with Gasteiger partial charge in [0.2, 0.25) is 0 Å². The molecule has 0 spiro atoms. The molecule has 0 aliphatic rings. The van der Waals surface area contributed by atoms with Crippen molar-refractivity contribution in [1.82, 2.24) is 14.5 Å². The van der Waals surface area contributed by atoms with Gasteiger partial charge in [-0.1, -0.05) is 12.1 Å². The molecule has 2 aromatic rings. The summed E-state index contributed by atoms with van der Waals surface area (Å²) in [5, 5.41) is 0.345. The molecule has 1 heterocycles. The van der Waals surface area contributed by atoms with Crippen molar-refractivity contribution in [2.45, 2.75) is 38.7 Å². The van der Waals surface area contributed by atoms with Gasteiger partial charge in [-0.05, 0) is 40.0 Å². The average Bonchev–Trinajstić information content (AvgIpc) is 2.45. The number of rotatable bonds is 5. The molecule has 2 rings (SSSR count). The number of hydrogen-bond donors (Lipinski definition) is 0. The van der Waals surface area contributed by atoms with Gasteiger partial charge in [0.15, 0.2) is 0 Å². The third-order valence-electron chi connectivity index (χ3n) is 3.80. The minimum Gasteiger partial charge on any atom is -0.302 e. The summed E-state index contributed by atoms with van der Waals surface area (Å²) in [6.45, 7) is 7.49. The molecule has 0 bridgehead atoms. The topological polar surface area (TPSA) is 38.1 Å². The van der Waals surface area contributed by atoms with E-state index in [1.54, 1.807) is 4.57 Å². The molecule has 1 atom stereocenters. The highest BCUT2D eigenvalue weighted by molar-refractivity contribution is 6.20. The molecule has 4 nitrogen and oxygen atoms in total. The van der Waals surface area contributed by atoms with Gasteiger partial charge in [-0.2, -0.15) is 0 Å². The molecule has 1 aromatic carbocycles. The number of benzene rings is 1. The van der Waals surface area contributed by atoms with Gasteiger partial charge in [-0.25, -0.2) is 4.98 Å². The molecular weight excluding hydrogens is 286 g/mol. The molecule has 1 aromatic heterocycles. The van der Waals surface area contributed by atoms with E-state index in [0.29, 0.717) is 29.3 Å². The second-order valence-electron chi connectivity index (χ2n) is 5.63. The quantitative estimate of drug-likeness (QED) is 0.797. The van der Waals surface area contributed by atoms with Gasteiger partial charge in [0.25, 0.3) is 5.56 Å². The Morgan fingerprint density at radius 1 is 1.29 bits per heavy atom. The standard InChI is InChI=1S/C16H22ClN3O/c1-11(2)19(4)9-10-20-15(12(3)17)18-14-8-6-5-7-13(14)16(20)21/h5-8,11-12H,9-10H2,1-4H3. The summed E-state index contributed by atoms with van der Waals surface area (Å²) < 4.78 is 1.71. The number of hydrogen-bond acceptors (Lipinski definition) is 3. The van der Waals surface area contributed by atoms with Crippen LogP contribution in [0.25, 0.3) is 10.9 Å². The van der Waals surface area contributed by atoms with Crippen LogP contribution in [0.5, 0.6) is 0 Å². The zero-order chi connectivity index (χ0) is 15.6. The van der Waals surface area contributed by atoms with Gasteiger partial charge < -0.3 is 4.90 Å². The second kappa shape index (κ2) is 6.58. The molecule has 0 radical (unpaired) electrons. The fourth-order valence-electron chi connectivity index (χ4n) is 2.22. The highest BCUT2D eigenvalue weighted by Crippen LogP contribution is 2.18. The van der Waals surface area contributed by atoms with Crippen molar-refractivity contribution >= 4 is 22.5 Å². The highest BCUT2D eigenvalue weighted by Gasteiger charge is 2.15. The first-order valence-corrected chi connectivity index (χ1v) is 7.69. The number of para-hydroxylation sites is 1. The van der Waals surface area contributed by atoms with Crippen LogP contribution >= 0.6 is 11.6 Å². The third-order valence-corrected chi connectivity index (χ3v) is 4.00. The highest BCUT2D eigenvalue weighted by atomic mass is 35.5. The molecule has 0 fully saturated rings. The minimum atomic E-state index is -0.299. The smallest absolute Gasteiger partial charge is 0.261 e. The molecule has 114 valence electrons. The zero-order valence-electron chi connectivity index (χ0n) is 13.0. The van der Waals surface area contributed by atoms with Gasteiger partial charge in [-0.15, -0.1) is 11.6 Å². The Morgan fingerprint density at radius 2 is 1.95 bits per heavy atom. The number of aromatic nitrogens is 2. The normalized spacial score (nSPS) is 13.3. The van der Waals surface area contributed by atoms with Crippen molar-refractivity contribution in [3.63, 3.8) is 0 Å². The molecule has 0 aliphatic heterocycles. The van der Waals surface area contributed by atoms with Crippen LogP contribution in [0.15, 0.2) is 29.1 Å². The van der Waals surface area contributed by atoms with E-state index in [4.69, 9.17) is 11.6 Å². The molecule has 0 N–H and O–H groups in total. The Labute approximate surface area is 130 Å². The summed E-state index contributed by atoms with van der Waals surface area (Å²) in [6, 6.07) is 7.85. The van der Waals surface area contributed by atoms with E-state index in [1.165, 1.54) is 0 Å². The lowest BCUT2D eigenvalue weighted by atomic mass is 10.2. The first-order valence-electron chi connectivity index (χ1n) is 7.25. The van der Waals surface area contributed by atoms with Crippen LogP contribution in [-0.4, -0.2) is 34.1 Å². The van der Waals surface area contributed by atoms with E-state index in [0.717, 1.165) is 6.54 Å². The largest absolute Gasteiger partial charge is 0.302 e. The summed E-state index contributed by atoms with van der Waals surface area (Å²) >= 11 is 6.22. The van der Waals surface area contributed by atoms with E-state index in [9.17, 15) is 4.79 Å². The van der Waals surface area contributed by atoms with Crippen molar-refractivity contribution in [2.24, 2.45) is 0 Å². The third kappa shape index (κ3) is 3.44. The van der Waals surface area contributed by atoms with Crippen LogP contribution in [0.3, 0.4) is 0 Å². The van der Waals surface area contributed by atoms with Crippen molar-refractivity contribution in [3.8, 4) is 0 Å². The van der Waals surface area contributed by atoms with Gasteiger partial charge in [-0.3, -0.25) is 9.36 Å². The predicted molar refractivity (Wildman–Crippen MR) is 88.0 cm³/mol. The second-order valence-corrected chi connectivity index (χ2v) is 6.29. The van der Waals surface area contributed by atoms with Gasteiger partial charge in [0.1, 0.15) is 5.82 Å². The SMILES string of the molecule is CC(Cl)c1nc2ccccc2c(=O)n1CCN(C)C(C)C. The number of nitrogens with zero attached hydrogens (tertiary/aromatic N) is 3. The molecule has 0 saturated heterocycles. The fourth-order valence-corrected chi connectivity index (χ4v) is 2.39. The van der Waals surface area contributed by atoms with E-state index >= 15 is 0 Å². The molecule has 1 unspecified atom stereocenters. The maximum Gasteiger partial charge on any atom is 0.261 e. The van der Waals surface area contributed by atoms with Crippen molar-refractivity contribution in [2.75, 3.05) is 13.6 Å². The first-order chi connectivity index (χ1) is 9.91. The summed E-state index contributed by atoms with van der Waals surface area (Å²) in [5.74, 6) is 0.637. The lowest BCUT2D eigenvalue weighted by molar-refractivity contribution is 0.260. The lowest BCUT2D eigenvalue weighted by Gasteiger charge is -2.22. The van der Waals surface area contributed by atoms with Crippen LogP contribution < -0.4 is 5.56 Å². The Balaban J connectivity index is 2.47. The van der Waals surface area contributed by atoms with E-state index in [2.05, 4.69) is 23.7 Å². The molecule has 21 heavy (non-hydrogen) atoms. The van der Waals surface area contributed by atoms with Gasteiger partial charge >= 0.3 is 0 Å². The lowest BCUT2D eigenvalue weighted by Crippen LogP contribution is -2.34. The maximum absolute atomic E-state index is 12.7. The summed E-state index contributed by atoms with van der Waals surface area (Å²) in [7, 11) is 2.05. The number of likely N-dealkylation sites (N-methyl/N-ethyl adjacent to an activating group) is 1. The number of halogens is 1. The Morgan fingerprint density at radius 3 is 2.57 bits per heavy atom. The predicted octanol–water partition coefficient (Wildman–Crippen LogP) is 3.04. The maximum atomic E-state index is 12.7. The van der Waals surface area contributed by atoms with Crippen LogP contribution in [0.4, 0.5) is 0 Å². The molecule has 0 saturated carbocycles. The Hall–Kier alpha value is -1.39. The van der Waals surface area contributed by atoms with Gasteiger partial charge in [0, 0.05) is 19.1 Å². The number of alkyl halides is 1. The Kier molecular flexibility index (Phi) is 5.01. The molecule has 0 aliphatic carbocycles. The molecule has 5 heteroatoms. The van der Waals surface area contributed by atoms with E-state index < -0.39 is 0 Å². The van der Waals surface area contributed by atoms with Crippen LogP contribution in [-0.2, 0) is 6.54 Å². The van der Waals surface area contributed by atoms with Crippen LogP contribution in [0.1, 0.15) is 32.0 Å². The Bertz CT molecular complexity index is 679.